The molecule has 0 atom stereocenters. The van der Waals surface area contributed by atoms with Crippen molar-refractivity contribution in [2.24, 2.45) is 5.73 Å². The minimum Gasteiger partial charge on any atom is -0.400 e. The molecule has 0 saturated heterocycles. The average molecular weight is 223 g/mol. The Morgan fingerprint density at radius 3 is 1.47 bits per heavy atom. The van der Waals surface area contributed by atoms with Crippen LogP contribution >= 0.6 is 0 Å². The fraction of sp³-hybridized carbons (Fsp3) is 1.00. The van der Waals surface area contributed by atoms with Crippen molar-refractivity contribution in [3.63, 3.8) is 0 Å². The molecule has 3 heteroatoms. The average Bonchev–Trinajstić information content (AvgIpc) is 2.35. The Bertz CT molecular complexity index is 46.9. The van der Waals surface area contributed by atoms with Gasteiger partial charge in [0.1, 0.15) is 0 Å². The first-order chi connectivity index (χ1) is 7.33. The van der Waals surface area contributed by atoms with Crippen molar-refractivity contribution in [2.45, 2.75) is 59.8 Å². The van der Waals surface area contributed by atoms with E-state index in [-0.39, 0.29) is 0 Å². The Morgan fingerprint density at radius 2 is 1.27 bits per heavy atom. The van der Waals surface area contributed by atoms with E-state index in [0.29, 0.717) is 6.61 Å². The quantitative estimate of drug-likeness (QED) is 0.628. The van der Waals surface area contributed by atoms with E-state index in [1.807, 2.05) is 13.8 Å². The van der Waals surface area contributed by atoms with Crippen LogP contribution in [0.1, 0.15) is 59.8 Å². The van der Waals surface area contributed by atoms with Crippen LogP contribution in [-0.2, 0) is 0 Å². The molecule has 0 aliphatic carbocycles. The summed E-state index contributed by atoms with van der Waals surface area (Å²) in [7, 11) is 1.00. The monoisotopic (exact) mass is 223 g/mol. The summed E-state index contributed by atoms with van der Waals surface area (Å²) in [5.41, 5.74) is 5.03. The van der Waals surface area contributed by atoms with Crippen molar-refractivity contribution in [2.75, 3.05) is 20.3 Å². The summed E-state index contributed by atoms with van der Waals surface area (Å²) in [4.78, 5) is 0. The summed E-state index contributed by atoms with van der Waals surface area (Å²) in [6.07, 6.45) is 5.78. The molecule has 0 radical (unpaired) electrons. The minimum absolute atomic E-state index is 0.361. The fourth-order valence-corrected chi connectivity index (χ4v) is 0.539. The van der Waals surface area contributed by atoms with Crippen LogP contribution in [0.3, 0.4) is 0 Å². The molecule has 0 aromatic carbocycles. The van der Waals surface area contributed by atoms with Crippen LogP contribution in [0.2, 0.25) is 0 Å². The highest BCUT2D eigenvalue weighted by atomic mass is 16.3. The van der Waals surface area contributed by atoms with E-state index >= 15 is 0 Å². The zero-order valence-corrected chi connectivity index (χ0v) is 11.4. The van der Waals surface area contributed by atoms with Gasteiger partial charge in [-0.1, -0.05) is 47.0 Å². The van der Waals surface area contributed by atoms with Gasteiger partial charge in [-0.25, -0.2) is 0 Å². The maximum atomic E-state index is 8.29. The molecule has 0 aromatic heterocycles. The summed E-state index contributed by atoms with van der Waals surface area (Å²) in [6.45, 7) is 9.40. The van der Waals surface area contributed by atoms with E-state index in [1.165, 1.54) is 19.3 Å². The number of aliphatic hydroxyl groups is 2. The van der Waals surface area contributed by atoms with E-state index in [2.05, 4.69) is 13.8 Å². The zero-order valence-electron chi connectivity index (χ0n) is 11.4. The molecule has 15 heavy (non-hydrogen) atoms. The van der Waals surface area contributed by atoms with E-state index in [1.54, 1.807) is 0 Å². The SMILES string of the molecule is CC.CCCCCCO.CCCN.CO. The molecule has 98 valence electrons. The Morgan fingerprint density at radius 1 is 0.867 bits per heavy atom. The van der Waals surface area contributed by atoms with Crippen LogP contribution in [-0.4, -0.2) is 30.5 Å². The van der Waals surface area contributed by atoms with E-state index in [0.717, 1.165) is 26.5 Å². The van der Waals surface area contributed by atoms with Crippen LogP contribution in [0.15, 0.2) is 0 Å². The van der Waals surface area contributed by atoms with Gasteiger partial charge < -0.3 is 15.9 Å². The van der Waals surface area contributed by atoms with Crippen LogP contribution in [0, 0.1) is 0 Å². The number of hydrogen-bond acceptors (Lipinski definition) is 3. The van der Waals surface area contributed by atoms with Crippen molar-refractivity contribution < 1.29 is 10.2 Å². The predicted molar refractivity (Wildman–Crippen MR) is 70.1 cm³/mol. The molecule has 0 spiro atoms. The van der Waals surface area contributed by atoms with Crippen molar-refractivity contribution in [1.29, 1.82) is 0 Å². The van der Waals surface area contributed by atoms with Gasteiger partial charge in [0, 0.05) is 13.7 Å². The first-order valence-electron chi connectivity index (χ1n) is 6.09. The van der Waals surface area contributed by atoms with E-state index < -0.39 is 0 Å². The molecule has 0 fully saturated rings. The van der Waals surface area contributed by atoms with Gasteiger partial charge in [-0.15, -0.1) is 0 Å². The predicted octanol–water partition coefficient (Wildman–Crippen LogP) is 2.55. The molecule has 0 aliphatic rings. The van der Waals surface area contributed by atoms with Gasteiger partial charge in [0.15, 0.2) is 0 Å². The third-order valence-corrected chi connectivity index (χ3v) is 1.30. The fourth-order valence-electron chi connectivity index (χ4n) is 0.539. The molecular weight excluding hydrogens is 190 g/mol. The van der Waals surface area contributed by atoms with Crippen molar-refractivity contribution in [3.05, 3.63) is 0 Å². The van der Waals surface area contributed by atoms with Crippen LogP contribution < -0.4 is 5.73 Å². The van der Waals surface area contributed by atoms with Crippen molar-refractivity contribution in [3.8, 4) is 0 Å². The molecule has 4 N–H and O–H groups in total. The molecule has 0 amide bonds. The highest BCUT2D eigenvalue weighted by molar-refractivity contribution is 4.35. The molecule has 0 bridgehead atoms. The lowest BCUT2D eigenvalue weighted by atomic mass is 10.2. The maximum Gasteiger partial charge on any atom is 0.0431 e. The molecule has 0 heterocycles. The number of aliphatic hydroxyl groups excluding tert-OH is 2. The standard InChI is InChI=1S/C6H14O.C3H9N.C2H6.CH4O/c1-2-3-4-5-6-7;1-2-3-4;2*1-2/h7H,2-6H2,1H3;2-4H2,1H3;1-2H3;2H,1H3. The second-order valence-electron chi connectivity index (χ2n) is 2.57. The Hall–Kier alpha value is -0.120. The zero-order chi connectivity index (χ0) is 12.9. The Balaban J connectivity index is -0.0000000647. The Kier molecular flexibility index (Phi) is 78.5. The highest BCUT2D eigenvalue weighted by Crippen LogP contribution is 1.95. The molecule has 0 unspecified atom stereocenters. The molecule has 3 nitrogen and oxygen atoms in total. The van der Waals surface area contributed by atoms with Crippen molar-refractivity contribution >= 4 is 0 Å². The smallest absolute Gasteiger partial charge is 0.0431 e. The van der Waals surface area contributed by atoms with Gasteiger partial charge in [0.2, 0.25) is 0 Å². The first-order valence-corrected chi connectivity index (χ1v) is 6.09. The minimum atomic E-state index is 0.361. The highest BCUT2D eigenvalue weighted by Gasteiger charge is 1.80. The summed E-state index contributed by atoms with van der Waals surface area (Å²) in [6, 6.07) is 0. The topological polar surface area (TPSA) is 66.5 Å². The van der Waals surface area contributed by atoms with Gasteiger partial charge >= 0.3 is 0 Å². The number of hydrogen-bond donors (Lipinski definition) is 3. The molecule has 0 aromatic rings. The van der Waals surface area contributed by atoms with Gasteiger partial charge in [-0.05, 0) is 19.4 Å². The van der Waals surface area contributed by atoms with Crippen LogP contribution in [0.25, 0.3) is 0 Å². The number of nitrogens with two attached hydrogens (primary N) is 1. The van der Waals surface area contributed by atoms with E-state index in [4.69, 9.17) is 15.9 Å². The Labute approximate surface area is 96.7 Å². The largest absolute Gasteiger partial charge is 0.400 e. The van der Waals surface area contributed by atoms with Gasteiger partial charge in [-0.3, -0.25) is 0 Å². The van der Waals surface area contributed by atoms with Gasteiger partial charge in [-0.2, -0.15) is 0 Å². The van der Waals surface area contributed by atoms with Gasteiger partial charge in [0.25, 0.3) is 0 Å². The molecular formula is C12H33NO2. The van der Waals surface area contributed by atoms with Crippen LogP contribution in [0.5, 0.6) is 0 Å². The molecule has 0 rings (SSSR count). The van der Waals surface area contributed by atoms with Gasteiger partial charge in [0.05, 0.1) is 0 Å². The lowest BCUT2D eigenvalue weighted by molar-refractivity contribution is 0.283. The summed E-state index contributed by atoms with van der Waals surface area (Å²) in [5, 5.41) is 15.3. The van der Waals surface area contributed by atoms with Crippen LogP contribution in [0.4, 0.5) is 0 Å². The second-order valence-corrected chi connectivity index (χ2v) is 2.57. The van der Waals surface area contributed by atoms with E-state index in [9.17, 15) is 0 Å². The normalized spacial score (nSPS) is 7.20. The summed E-state index contributed by atoms with van der Waals surface area (Å²) >= 11 is 0. The summed E-state index contributed by atoms with van der Waals surface area (Å²) in [5.74, 6) is 0. The molecule has 0 saturated carbocycles. The lowest BCUT2D eigenvalue weighted by Crippen LogP contribution is -1.93. The lowest BCUT2D eigenvalue weighted by Gasteiger charge is -1.90. The third-order valence-electron chi connectivity index (χ3n) is 1.30. The third kappa shape index (κ3) is 82.3. The van der Waals surface area contributed by atoms with Crippen molar-refractivity contribution in [1.82, 2.24) is 0 Å². The second kappa shape index (κ2) is 48.6. The number of unbranched alkanes of at least 4 members (excludes halogenated alkanes) is 3. The number of rotatable bonds is 5. The maximum absolute atomic E-state index is 8.29. The first kappa shape index (κ1) is 24.2. The summed E-state index contributed by atoms with van der Waals surface area (Å²) < 4.78 is 0. The molecule has 0 aliphatic heterocycles.